The highest BCUT2D eigenvalue weighted by atomic mass is 16.2. The lowest BCUT2D eigenvalue weighted by molar-refractivity contribution is -0.131. The molecule has 1 fully saturated rings. The number of nitrogens with zero attached hydrogens (tertiary/aromatic N) is 3. The maximum absolute atomic E-state index is 12.8. The van der Waals surface area contributed by atoms with Gasteiger partial charge in [0.1, 0.15) is 0 Å². The first-order valence-electron chi connectivity index (χ1n) is 9.59. The fourth-order valence-corrected chi connectivity index (χ4v) is 4.11. The Morgan fingerprint density at radius 2 is 1.65 bits per heavy atom. The molecule has 4 nitrogen and oxygen atoms in total. The molecule has 0 spiro atoms. The van der Waals surface area contributed by atoms with Crippen LogP contribution in [0.4, 0.5) is 5.69 Å². The molecule has 1 amide bonds. The molecule has 1 unspecified atom stereocenters. The van der Waals surface area contributed by atoms with Gasteiger partial charge in [-0.2, -0.15) is 0 Å². The largest absolute Gasteiger partial charge is 0.359 e. The molecule has 2 aromatic carbocycles. The highest BCUT2D eigenvalue weighted by molar-refractivity contribution is 5.82. The number of hydrogen-bond donors (Lipinski definition) is 0. The lowest BCUT2D eigenvalue weighted by Gasteiger charge is -2.36. The topological polar surface area (TPSA) is 26.8 Å². The van der Waals surface area contributed by atoms with E-state index in [-0.39, 0.29) is 5.91 Å². The van der Waals surface area contributed by atoms with Crippen LogP contribution in [0.3, 0.4) is 0 Å². The third-order valence-corrected chi connectivity index (χ3v) is 5.63. The highest BCUT2D eigenvalue weighted by Gasteiger charge is 2.29. The number of anilines is 1. The molecular weight excluding hydrogens is 322 g/mol. The van der Waals surface area contributed by atoms with Crippen LogP contribution in [0, 0.1) is 0 Å². The average Bonchev–Trinajstić information content (AvgIpc) is 2.98. The van der Waals surface area contributed by atoms with Crippen molar-refractivity contribution in [2.75, 3.05) is 37.6 Å². The van der Waals surface area contributed by atoms with Gasteiger partial charge in [-0.25, -0.2) is 0 Å². The lowest BCUT2D eigenvalue weighted by Crippen LogP contribution is -2.51. The van der Waals surface area contributed by atoms with E-state index < -0.39 is 0 Å². The van der Waals surface area contributed by atoms with Gasteiger partial charge in [-0.05, 0) is 30.5 Å². The summed E-state index contributed by atoms with van der Waals surface area (Å²) < 4.78 is 0. The van der Waals surface area contributed by atoms with Crippen LogP contribution in [0.15, 0.2) is 54.6 Å². The quantitative estimate of drug-likeness (QED) is 0.849. The Morgan fingerprint density at radius 1 is 0.962 bits per heavy atom. The smallest absolute Gasteiger partial charge is 0.242 e. The van der Waals surface area contributed by atoms with Gasteiger partial charge in [-0.15, -0.1) is 0 Å². The predicted octanol–water partition coefficient (Wildman–Crippen LogP) is 2.78. The van der Waals surface area contributed by atoms with Crippen molar-refractivity contribution in [2.45, 2.75) is 25.9 Å². The maximum Gasteiger partial charge on any atom is 0.242 e. The van der Waals surface area contributed by atoms with Crippen molar-refractivity contribution in [3.63, 3.8) is 0 Å². The van der Waals surface area contributed by atoms with Gasteiger partial charge in [0.15, 0.2) is 0 Å². The molecule has 4 heteroatoms. The molecule has 0 aliphatic carbocycles. The number of hydrogen-bond acceptors (Lipinski definition) is 3. The van der Waals surface area contributed by atoms with Crippen molar-refractivity contribution < 1.29 is 4.79 Å². The molecule has 2 heterocycles. The van der Waals surface area contributed by atoms with E-state index in [4.69, 9.17) is 0 Å². The summed E-state index contributed by atoms with van der Waals surface area (Å²) >= 11 is 0. The van der Waals surface area contributed by atoms with Gasteiger partial charge in [0.05, 0.1) is 6.54 Å². The van der Waals surface area contributed by atoms with E-state index in [0.717, 1.165) is 39.1 Å². The zero-order chi connectivity index (χ0) is 17.9. The Hall–Kier alpha value is -2.33. The second kappa shape index (κ2) is 7.50. The Kier molecular flexibility index (Phi) is 4.93. The van der Waals surface area contributed by atoms with E-state index in [2.05, 4.69) is 71.3 Å². The van der Waals surface area contributed by atoms with Crippen molar-refractivity contribution in [1.82, 2.24) is 9.80 Å². The van der Waals surface area contributed by atoms with Gasteiger partial charge >= 0.3 is 0 Å². The van der Waals surface area contributed by atoms with Crippen molar-refractivity contribution in [2.24, 2.45) is 0 Å². The van der Waals surface area contributed by atoms with Crippen LogP contribution in [0.5, 0.6) is 0 Å². The number of fused-ring (bicyclic) bond motifs is 1. The molecule has 2 aliphatic rings. The minimum absolute atomic E-state index is 0.257. The van der Waals surface area contributed by atoms with Gasteiger partial charge in [0.2, 0.25) is 5.91 Å². The minimum atomic E-state index is 0.257. The third-order valence-electron chi connectivity index (χ3n) is 5.63. The molecule has 2 aliphatic heterocycles. The molecule has 1 atom stereocenters. The third kappa shape index (κ3) is 3.61. The summed E-state index contributed by atoms with van der Waals surface area (Å²) in [4.78, 5) is 19.6. The molecule has 0 N–H and O–H groups in total. The van der Waals surface area contributed by atoms with Crippen LogP contribution in [-0.4, -0.2) is 54.5 Å². The first kappa shape index (κ1) is 17.1. The maximum atomic E-state index is 12.8. The monoisotopic (exact) mass is 349 g/mol. The standard InChI is InChI=1S/C22H27N3O/c1-18-15-20-9-5-6-10-21(20)25(18)17-22(26)24-13-11-23(12-14-24)16-19-7-3-2-4-8-19/h2-10,18H,11-17H2,1H3. The Morgan fingerprint density at radius 3 is 2.42 bits per heavy atom. The van der Waals surface area contributed by atoms with Crippen molar-refractivity contribution in [3.05, 3.63) is 65.7 Å². The fourth-order valence-electron chi connectivity index (χ4n) is 4.11. The van der Waals surface area contributed by atoms with Crippen molar-refractivity contribution in [3.8, 4) is 0 Å². The van der Waals surface area contributed by atoms with Gasteiger partial charge in [-0.3, -0.25) is 9.69 Å². The number of benzene rings is 2. The number of carbonyl (C=O) groups excluding carboxylic acids is 1. The van der Waals surface area contributed by atoms with Gasteiger partial charge in [-0.1, -0.05) is 48.5 Å². The average molecular weight is 349 g/mol. The normalized spacial score (nSPS) is 20.3. The first-order valence-corrected chi connectivity index (χ1v) is 9.59. The molecular formula is C22H27N3O. The van der Waals surface area contributed by atoms with E-state index in [0.29, 0.717) is 12.6 Å². The number of carbonyl (C=O) groups is 1. The van der Waals surface area contributed by atoms with E-state index in [1.165, 1.54) is 16.8 Å². The highest BCUT2D eigenvalue weighted by Crippen LogP contribution is 2.31. The summed E-state index contributed by atoms with van der Waals surface area (Å²) in [6.45, 7) is 7.24. The molecule has 0 saturated carbocycles. The second-order valence-electron chi connectivity index (χ2n) is 7.45. The van der Waals surface area contributed by atoms with Gasteiger partial charge < -0.3 is 9.80 Å². The zero-order valence-corrected chi connectivity index (χ0v) is 15.5. The number of para-hydroxylation sites is 1. The van der Waals surface area contributed by atoms with Gasteiger partial charge in [0, 0.05) is 44.5 Å². The predicted molar refractivity (Wildman–Crippen MR) is 105 cm³/mol. The van der Waals surface area contributed by atoms with Crippen LogP contribution in [-0.2, 0) is 17.8 Å². The van der Waals surface area contributed by atoms with E-state index in [1.807, 2.05) is 4.90 Å². The Labute approximate surface area is 156 Å². The van der Waals surface area contributed by atoms with E-state index in [1.54, 1.807) is 0 Å². The van der Waals surface area contributed by atoms with Crippen LogP contribution in [0.25, 0.3) is 0 Å². The zero-order valence-electron chi connectivity index (χ0n) is 15.5. The van der Waals surface area contributed by atoms with Crippen LogP contribution in [0.2, 0.25) is 0 Å². The molecule has 2 aromatic rings. The molecule has 0 radical (unpaired) electrons. The number of piperazine rings is 1. The van der Waals surface area contributed by atoms with Crippen molar-refractivity contribution in [1.29, 1.82) is 0 Å². The fraction of sp³-hybridized carbons (Fsp3) is 0.409. The van der Waals surface area contributed by atoms with Crippen LogP contribution >= 0.6 is 0 Å². The van der Waals surface area contributed by atoms with E-state index >= 15 is 0 Å². The SMILES string of the molecule is CC1Cc2ccccc2N1CC(=O)N1CCN(Cc2ccccc2)CC1. The van der Waals surface area contributed by atoms with Crippen LogP contribution < -0.4 is 4.90 Å². The first-order chi connectivity index (χ1) is 12.7. The second-order valence-corrected chi connectivity index (χ2v) is 7.45. The summed E-state index contributed by atoms with van der Waals surface area (Å²) in [6, 6.07) is 19.4. The molecule has 26 heavy (non-hydrogen) atoms. The molecule has 136 valence electrons. The number of amides is 1. The summed E-state index contributed by atoms with van der Waals surface area (Å²) in [5, 5.41) is 0. The summed E-state index contributed by atoms with van der Waals surface area (Å²) in [5.41, 5.74) is 3.94. The van der Waals surface area contributed by atoms with E-state index in [9.17, 15) is 4.79 Å². The molecule has 0 aromatic heterocycles. The Balaban J connectivity index is 1.31. The van der Waals surface area contributed by atoms with Crippen molar-refractivity contribution >= 4 is 11.6 Å². The Bertz CT molecular complexity index is 753. The minimum Gasteiger partial charge on any atom is -0.359 e. The molecule has 0 bridgehead atoms. The van der Waals surface area contributed by atoms with Crippen LogP contribution in [0.1, 0.15) is 18.1 Å². The summed E-state index contributed by atoms with van der Waals surface area (Å²) in [6.07, 6.45) is 1.04. The molecule has 4 rings (SSSR count). The summed E-state index contributed by atoms with van der Waals surface area (Å²) in [7, 11) is 0. The molecule has 1 saturated heterocycles. The number of rotatable bonds is 4. The lowest BCUT2D eigenvalue weighted by atomic mass is 10.1. The van der Waals surface area contributed by atoms with Gasteiger partial charge in [0.25, 0.3) is 0 Å². The summed E-state index contributed by atoms with van der Waals surface area (Å²) in [5.74, 6) is 0.257.